The van der Waals surface area contributed by atoms with Gasteiger partial charge in [-0.3, -0.25) is 4.79 Å². The standard InChI is InChI=1S/C21H18ClNO4/c1-25-15-11-14(12-16(13-15)26-2)21(24)23-18-8-4-6-10-20(18)27-19-9-5-3-7-17(19)22/h3-13H,1-2H3,(H,23,24). The highest BCUT2D eigenvalue weighted by Crippen LogP contribution is 2.33. The van der Waals surface area contributed by atoms with Gasteiger partial charge in [0.25, 0.3) is 5.91 Å². The molecule has 0 heterocycles. The minimum Gasteiger partial charge on any atom is -0.497 e. The van der Waals surface area contributed by atoms with Crippen LogP contribution in [0.5, 0.6) is 23.0 Å². The second-order valence-electron chi connectivity index (χ2n) is 5.58. The van der Waals surface area contributed by atoms with Gasteiger partial charge in [0, 0.05) is 11.6 Å². The molecule has 1 N–H and O–H groups in total. The highest BCUT2D eigenvalue weighted by molar-refractivity contribution is 6.32. The molecule has 138 valence electrons. The lowest BCUT2D eigenvalue weighted by atomic mass is 10.1. The van der Waals surface area contributed by atoms with Crippen LogP contribution in [0.1, 0.15) is 10.4 Å². The summed E-state index contributed by atoms with van der Waals surface area (Å²) >= 11 is 6.15. The fraction of sp³-hybridized carbons (Fsp3) is 0.0952. The fourth-order valence-corrected chi connectivity index (χ4v) is 2.61. The summed E-state index contributed by atoms with van der Waals surface area (Å²) in [6.45, 7) is 0. The zero-order chi connectivity index (χ0) is 19.2. The van der Waals surface area contributed by atoms with Crippen LogP contribution in [-0.2, 0) is 0 Å². The molecule has 1 amide bonds. The second kappa shape index (κ2) is 8.47. The number of methoxy groups -OCH3 is 2. The third kappa shape index (κ3) is 4.51. The van der Waals surface area contributed by atoms with E-state index < -0.39 is 0 Å². The van der Waals surface area contributed by atoms with Gasteiger partial charge in [0.1, 0.15) is 17.2 Å². The van der Waals surface area contributed by atoms with Crippen LogP contribution in [0.4, 0.5) is 5.69 Å². The number of hydrogen-bond acceptors (Lipinski definition) is 4. The molecule has 3 rings (SSSR count). The van der Waals surface area contributed by atoms with Crippen LogP contribution in [0.2, 0.25) is 5.02 Å². The molecule has 3 aromatic carbocycles. The normalized spacial score (nSPS) is 10.2. The van der Waals surface area contributed by atoms with Crippen LogP contribution >= 0.6 is 11.6 Å². The maximum atomic E-state index is 12.7. The highest BCUT2D eigenvalue weighted by Gasteiger charge is 2.13. The first-order chi connectivity index (χ1) is 13.1. The Morgan fingerprint density at radius 3 is 2.07 bits per heavy atom. The van der Waals surface area contributed by atoms with Crippen molar-refractivity contribution in [3.8, 4) is 23.0 Å². The molecule has 0 saturated carbocycles. The lowest BCUT2D eigenvalue weighted by Crippen LogP contribution is -2.13. The molecular weight excluding hydrogens is 366 g/mol. The van der Waals surface area contributed by atoms with Gasteiger partial charge in [-0.25, -0.2) is 0 Å². The van der Waals surface area contributed by atoms with Gasteiger partial charge in [-0.05, 0) is 36.4 Å². The van der Waals surface area contributed by atoms with Crippen LogP contribution in [0.25, 0.3) is 0 Å². The van der Waals surface area contributed by atoms with Crippen molar-refractivity contribution < 1.29 is 19.0 Å². The Morgan fingerprint density at radius 1 is 0.852 bits per heavy atom. The van der Waals surface area contributed by atoms with E-state index in [1.165, 1.54) is 14.2 Å². The van der Waals surface area contributed by atoms with Gasteiger partial charge in [-0.1, -0.05) is 35.9 Å². The Morgan fingerprint density at radius 2 is 1.44 bits per heavy atom. The molecule has 0 bridgehead atoms. The molecule has 0 aliphatic rings. The predicted octanol–water partition coefficient (Wildman–Crippen LogP) is 5.40. The van der Waals surface area contributed by atoms with Crippen LogP contribution in [-0.4, -0.2) is 20.1 Å². The number of rotatable bonds is 6. The Balaban J connectivity index is 1.86. The second-order valence-corrected chi connectivity index (χ2v) is 5.99. The molecule has 0 unspecified atom stereocenters. The van der Waals surface area contributed by atoms with E-state index >= 15 is 0 Å². The largest absolute Gasteiger partial charge is 0.497 e. The highest BCUT2D eigenvalue weighted by atomic mass is 35.5. The number of ether oxygens (including phenoxy) is 3. The molecule has 5 nitrogen and oxygen atoms in total. The van der Waals surface area contributed by atoms with Gasteiger partial charge in [-0.15, -0.1) is 0 Å². The maximum absolute atomic E-state index is 12.7. The first-order valence-electron chi connectivity index (χ1n) is 8.16. The van der Waals surface area contributed by atoms with Gasteiger partial charge in [0.2, 0.25) is 0 Å². The van der Waals surface area contributed by atoms with Crippen molar-refractivity contribution in [1.29, 1.82) is 0 Å². The van der Waals surface area contributed by atoms with Crippen LogP contribution < -0.4 is 19.5 Å². The molecule has 27 heavy (non-hydrogen) atoms. The molecule has 0 spiro atoms. The summed E-state index contributed by atoms with van der Waals surface area (Å²) in [6.07, 6.45) is 0. The number of amides is 1. The Labute approximate surface area is 162 Å². The fourth-order valence-electron chi connectivity index (χ4n) is 2.44. The molecule has 0 radical (unpaired) electrons. The Hall–Kier alpha value is -3.18. The molecule has 6 heteroatoms. The Bertz CT molecular complexity index is 936. The number of para-hydroxylation sites is 3. The maximum Gasteiger partial charge on any atom is 0.256 e. The SMILES string of the molecule is COc1cc(OC)cc(C(=O)Nc2ccccc2Oc2ccccc2Cl)c1. The van der Waals surface area contributed by atoms with Crippen LogP contribution in [0.15, 0.2) is 66.7 Å². The van der Waals surface area contributed by atoms with Crippen molar-refractivity contribution in [2.75, 3.05) is 19.5 Å². The van der Waals surface area contributed by atoms with E-state index in [0.29, 0.717) is 39.3 Å². The van der Waals surface area contributed by atoms with Crippen molar-refractivity contribution >= 4 is 23.2 Å². The third-order valence-corrected chi connectivity index (χ3v) is 4.12. The zero-order valence-corrected chi connectivity index (χ0v) is 15.6. The number of benzene rings is 3. The number of carbonyl (C=O) groups is 1. The lowest BCUT2D eigenvalue weighted by molar-refractivity contribution is 0.102. The molecule has 3 aromatic rings. The molecule has 0 atom stereocenters. The van der Waals surface area contributed by atoms with Crippen molar-refractivity contribution in [2.45, 2.75) is 0 Å². The minimum absolute atomic E-state index is 0.317. The third-order valence-electron chi connectivity index (χ3n) is 3.81. The summed E-state index contributed by atoms with van der Waals surface area (Å²) in [4.78, 5) is 12.7. The van der Waals surface area contributed by atoms with E-state index in [2.05, 4.69) is 5.32 Å². The minimum atomic E-state index is -0.317. The number of anilines is 1. The summed E-state index contributed by atoms with van der Waals surface area (Å²) in [5.74, 6) is 1.72. The topological polar surface area (TPSA) is 56.8 Å². The zero-order valence-electron chi connectivity index (χ0n) is 14.9. The van der Waals surface area contributed by atoms with Gasteiger partial charge in [-0.2, -0.15) is 0 Å². The summed E-state index contributed by atoms with van der Waals surface area (Å²) in [6, 6.07) is 19.2. The Kier molecular flexibility index (Phi) is 5.84. The van der Waals surface area contributed by atoms with E-state index in [0.717, 1.165) is 0 Å². The van der Waals surface area contributed by atoms with Gasteiger partial charge >= 0.3 is 0 Å². The first kappa shape index (κ1) is 18.6. The van der Waals surface area contributed by atoms with E-state index in [9.17, 15) is 4.79 Å². The van der Waals surface area contributed by atoms with E-state index in [-0.39, 0.29) is 5.91 Å². The quantitative estimate of drug-likeness (QED) is 0.619. The van der Waals surface area contributed by atoms with Gasteiger partial charge in [0.05, 0.1) is 24.9 Å². The van der Waals surface area contributed by atoms with Crippen molar-refractivity contribution in [3.63, 3.8) is 0 Å². The first-order valence-corrected chi connectivity index (χ1v) is 8.54. The lowest BCUT2D eigenvalue weighted by Gasteiger charge is -2.14. The monoisotopic (exact) mass is 383 g/mol. The molecule has 0 aliphatic heterocycles. The number of halogens is 1. The van der Waals surface area contributed by atoms with Crippen molar-refractivity contribution in [2.24, 2.45) is 0 Å². The predicted molar refractivity (Wildman–Crippen MR) is 105 cm³/mol. The summed E-state index contributed by atoms with van der Waals surface area (Å²) < 4.78 is 16.3. The molecule has 0 fully saturated rings. The van der Waals surface area contributed by atoms with Crippen LogP contribution in [0.3, 0.4) is 0 Å². The van der Waals surface area contributed by atoms with Gasteiger partial charge < -0.3 is 19.5 Å². The average Bonchev–Trinajstić information content (AvgIpc) is 2.70. The molecule has 0 saturated heterocycles. The molecule has 0 aromatic heterocycles. The smallest absolute Gasteiger partial charge is 0.256 e. The number of carbonyl (C=O) groups excluding carboxylic acids is 1. The van der Waals surface area contributed by atoms with E-state index in [1.807, 2.05) is 18.2 Å². The van der Waals surface area contributed by atoms with Gasteiger partial charge in [0.15, 0.2) is 5.75 Å². The summed E-state index contributed by atoms with van der Waals surface area (Å²) in [5, 5.41) is 3.33. The van der Waals surface area contributed by atoms with E-state index in [1.54, 1.807) is 48.5 Å². The van der Waals surface area contributed by atoms with Crippen LogP contribution in [0, 0.1) is 0 Å². The van der Waals surface area contributed by atoms with Crippen molar-refractivity contribution in [1.82, 2.24) is 0 Å². The summed E-state index contributed by atoms with van der Waals surface area (Å²) in [7, 11) is 3.06. The van der Waals surface area contributed by atoms with Crippen molar-refractivity contribution in [3.05, 3.63) is 77.3 Å². The summed E-state index contributed by atoms with van der Waals surface area (Å²) in [5.41, 5.74) is 0.919. The number of hydrogen-bond donors (Lipinski definition) is 1. The molecule has 0 aliphatic carbocycles. The average molecular weight is 384 g/mol. The van der Waals surface area contributed by atoms with E-state index in [4.69, 9.17) is 25.8 Å². The number of nitrogens with one attached hydrogen (secondary N) is 1. The molecular formula is C21H18ClNO4.